The molecule has 0 aromatic heterocycles. The second-order valence-corrected chi connectivity index (χ2v) is 8.34. The van der Waals surface area contributed by atoms with Gasteiger partial charge in [0.1, 0.15) is 5.60 Å². The zero-order valence-electron chi connectivity index (χ0n) is 14.7. The first-order valence-electron chi connectivity index (χ1n) is 9.70. The fraction of sp³-hybridized carbons (Fsp3) is 0.682. The maximum atomic E-state index is 11.8. The number of hydrogen-bond donors (Lipinski definition) is 1. The van der Waals surface area contributed by atoms with Gasteiger partial charge in [0.25, 0.3) is 0 Å². The summed E-state index contributed by atoms with van der Waals surface area (Å²) >= 11 is 0. The van der Waals surface area contributed by atoms with Crippen LogP contribution in [-0.4, -0.2) is 16.5 Å². The van der Waals surface area contributed by atoms with Gasteiger partial charge in [0.15, 0.2) is 5.78 Å². The molecule has 2 saturated carbocycles. The van der Waals surface area contributed by atoms with E-state index in [0.29, 0.717) is 24.0 Å². The summed E-state index contributed by atoms with van der Waals surface area (Å²) in [5.74, 6) is 4.20. The number of fused-ring (bicyclic) bond motifs is 4. The molecule has 2 nitrogen and oxygen atoms in total. The molecular formula is C22H28O2. The van der Waals surface area contributed by atoms with Crippen LogP contribution in [0, 0.1) is 29.6 Å². The Kier molecular flexibility index (Phi) is 3.77. The molecule has 2 heteroatoms. The predicted octanol–water partition coefficient (Wildman–Crippen LogP) is 4.34. The minimum Gasteiger partial charge on any atom is -0.377 e. The first kappa shape index (κ1) is 16.2. The molecule has 4 aliphatic rings. The Morgan fingerprint density at radius 3 is 2.83 bits per heavy atom. The first-order chi connectivity index (χ1) is 11.5. The topological polar surface area (TPSA) is 37.3 Å². The molecule has 4 unspecified atom stereocenters. The summed E-state index contributed by atoms with van der Waals surface area (Å²) in [6.45, 7) is 2.21. The summed E-state index contributed by atoms with van der Waals surface area (Å²) in [7, 11) is 0. The average Bonchev–Trinajstić information content (AvgIpc) is 2.88. The Morgan fingerprint density at radius 2 is 2.08 bits per heavy atom. The van der Waals surface area contributed by atoms with Crippen LogP contribution >= 0.6 is 0 Å². The van der Waals surface area contributed by atoms with Crippen molar-refractivity contribution in [2.24, 2.45) is 17.3 Å². The van der Waals surface area contributed by atoms with Gasteiger partial charge in [-0.1, -0.05) is 24.8 Å². The second kappa shape index (κ2) is 5.60. The SMILES string of the molecule is C#CC1(O)CCC2C3CCC4=CC(=O)CCC4=C3CCC21CCC. The molecule has 2 fully saturated rings. The van der Waals surface area contributed by atoms with Crippen molar-refractivity contribution in [3.63, 3.8) is 0 Å². The third-order valence-corrected chi connectivity index (χ3v) is 7.52. The van der Waals surface area contributed by atoms with E-state index in [4.69, 9.17) is 6.42 Å². The molecule has 0 bridgehead atoms. The van der Waals surface area contributed by atoms with Gasteiger partial charge in [-0.25, -0.2) is 0 Å². The van der Waals surface area contributed by atoms with Gasteiger partial charge in [0, 0.05) is 11.8 Å². The quantitative estimate of drug-likeness (QED) is 0.767. The normalized spacial score (nSPS) is 41.2. The van der Waals surface area contributed by atoms with Gasteiger partial charge in [-0.05, 0) is 80.4 Å². The van der Waals surface area contributed by atoms with Crippen molar-refractivity contribution in [2.75, 3.05) is 0 Å². The average molecular weight is 324 g/mol. The minimum absolute atomic E-state index is 0.0864. The lowest BCUT2D eigenvalue weighted by atomic mass is 9.53. The van der Waals surface area contributed by atoms with Gasteiger partial charge in [0.05, 0.1) is 0 Å². The van der Waals surface area contributed by atoms with E-state index in [1.54, 1.807) is 5.57 Å². The highest BCUT2D eigenvalue weighted by atomic mass is 16.3. The van der Waals surface area contributed by atoms with E-state index in [-0.39, 0.29) is 5.41 Å². The van der Waals surface area contributed by atoms with Crippen LogP contribution < -0.4 is 0 Å². The zero-order chi connectivity index (χ0) is 16.9. The number of terminal acetylenes is 1. The highest BCUT2D eigenvalue weighted by molar-refractivity contribution is 5.93. The van der Waals surface area contributed by atoms with Gasteiger partial charge < -0.3 is 5.11 Å². The van der Waals surface area contributed by atoms with Crippen molar-refractivity contribution in [1.82, 2.24) is 0 Å². The maximum absolute atomic E-state index is 11.8. The maximum Gasteiger partial charge on any atom is 0.156 e. The standard InChI is InChI=1S/C22H28O2/c1-3-11-21-12-9-18-17-8-6-16(23)14-15(17)5-7-19(18)20(21)10-13-22(21,24)4-2/h2,14,19-20,24H,3,5-13H2,1H3. The number of allylic oxidation sites excluding steroid dienone is 4. The van der Waals surface area contributed by atoms with Crippen molar-refractivity contribution in [3.8, 4) is 12.3 Å². The molecule has 0 saturated heterocycles. The van der Waals surface area contributed by atoms with Gasteiger partial charge in [-0.3, -0.25) is 4.79 Å². The third kappa shape index (κ3) is 2.04. The van der Waals surface area contributed by atoms with Gasteiger partial charge in [0.2, 0.25) is 0 Å². The van der Waals surface area contributed by atoms with Crippen LogP contribution in [0.25, 0.3) is 0 Å². The van der Waals surface area contributed by atoms with Crippen molar-refractivity contribution in [2.45, 2.75) is 76.7 Å². The summed E-state index contributed by atoms with van der Waals surface area (Å²) in [5.41, 5.74) is 3.41. The minimum atomic E-state index is -0.914. The third-order valence-electron chi connectivity index (χ3n) is 7.52. The lowest BCUT2D eigenvalue weighted by Crippen LogP contribution is -2.50. The fourth-order valence-corrected chi connectivity index (χ4v) is 6.55. The van der Waals surface area contributed by atoms with E-state index in [1.165, 1.54) is 11.1 Å². The monoisotopic (exact) mass is 324 g/mol. The summed E-state index contributed by atoms with van der Waals surface area (Å²) in [6, 6.07) is 0. The molecule has 0 spiro atoms. The number of carbonyl (C=O) groups excluding carboxylic acids is 1. The Morgan fingerprint density at radius 1 is 1.25 bits per heavy atom. The van der Waals surface area contributed by atoms with E-state index in [9.17, 15) is 9.90 Å². The van der Waals surface area contributed by atoms with Crippen molar-refractivity contribution in [3.05, 3.63) is 22.8 Å². The largest absolute Gasteiger partial charge is 0.377 e. The molecule has 4 rings (SSSR count). The van der Waals surface area contributed by atoms with Crippen LogP contribution in [0.4, 0.5) is 0 Å². The lowest BCUT2D eigenvalue weighted by Gasteiger charge is -2.52. The summed E-state index contributed by atoms with van der Waals surface area (Å²) < 4.78 is 0. The van der Waals surface area contributed by atoms with Gasteiger partial charge in [-0.15, -0.1) is 6.42 Å². The summed E-state index contributed by atoms with van der Waals surface area (Å²) in [6.07, 6.45) is 17.5. The van der Waals surface area contributed by atoms with E-state index < -0.39 is 5.60 Å². The van der Waals surface area contributed by atoms with Crippen LogP contribution in [0.3, 0.4) is 0 Å². The predicted molar refractivity (Wildman–Crippen MR) is 95.2 cm³/mol. The lowest BCUT2D eigenvalue weighted by molar-refractivity contribution is -0.114. The molecule has 0 amide bonds. The van der Waals surface area contributed by atoms with Crippen molar-refractivity contribution in [1.29, 1.82) is 0 Å². The number of hydrogen-bond acceptors (Lipinski definition) is 2. The van der Waals surface area contributed by atoms with Crippen LogP contribution in [-0.2, 0) is 4.79 Å². The molecule has 128 valence electrons. The molecule has 0 heterocycles. The molecule has 4 aliphatic carbocycles. The van der Waals surface area contributed by atoms with E-state index in [0.717, 1.165) is 57.8 Å². The summed E-state index contributed by atoms with van der Waals surface area (Å²) in [4.78, 5) is 11.8. The smallest absolute Gasteiger partial charge is 0.156 e. The molecule has 0 radical (unpaired) electrons. The summed E-state index contributed by atoms with van der Waals surface area (Å²) in [5, 5.41) is 11.2. The molecular weight excluding hydrogens is 296 g/mol. The van der Waals surface area contributed by atoms with Crippen LogP contribution in [0.2, 0.25) is 0 Å². The molecule has 0 aromatic rings. The molecule has 0 aromatic carbocycles. The number of aliphatic hydroxyl groups is 1. The number of ketones is 1. The molecule has 1 N–H and O–H groups in total. The van der Waals surface area contributed by atoms with Crippen molar-refractivity contribution >= 4 is 5.78 Å². The number of carbonyl (C=O) groups is 1. The van der Waals surface area contributed by atoms with Crippen molar-refractivity contribution < 1.29 is 9.90 Å². The van der Waals surface area contributed by atoms with E-state index in [2.05, 4.69) is 12.8 Å². The van der Waals surface area contributed by atoms with E-state index >= 15 is 0 Å². The molecule has 4 atom stereocenters. The Balaban J connectivity index is 1.76. The molecule has 0 aliphatic heterocycles. The van der Waals surface area contributed by atoms with Crippen LogP contribution in [0.15, 0.2) is 22.8 Å². The highest BCUT2D eigenvalue weighted by Crippen LogP contribution is 2.65. The Bertz CT molecular complexity index is 677. The molecule has 24 heavy (non-hydrogen) atoms. The number of rotatable bonds is 2. The van der Waals surface area contributed by atoms with Gasteiger partial charge in [-0.2, -0.15) is 0 Å². The second-order valence-electron chi connectivity index (χ2n) is 8.34. The highest BCUT2D eigenvalue weighted by Gasteiger charge is 2.62. The van der Waals surface area contributed by atoms with Crippen LogP contribution in [0.5, 0.6) is 0 Å². The van der Waals surface area contributed by atoms with Crippen LogP contribution in [0.1, 0.15) is 71.1 Å². The Hall–Kier alpha value is -1.33. The first-order valence-corrected chi connectivity index (χ1v) is 9.70. The Labute approximate surface area is 145 Å². The van der Waals surface area contributed by atoms with Gasteiger partial charge >= 0.3 is 0 Å². The van der Waals surface area contributed by atoms with E-state index in [1.807, 2.05) is 6.08 Å². The fourth-order valence-electron chi connectivity index (χ4n) is 6.55. The zero-order valence-corrected chi connectivity index (χ0v) is 14.7.